The Morgan fingerprint density at radius 2 is 2.19 bits per heavy atom. The summed E-state index contributed by atoms with van der Waals surface area (Å²) < 4.78 is 10.7. The van der Waals surface area contributed by atoms with E-state index in [1.807, 2.05) is 18.2 Å². The number of hydrogen-bond acceptors (Lipinski definition) is 5. The van der Waals surface area contributed by atoms with E-state index >= 15 is 0 Å². The molecule has 1 heterocycles. The van der Waals surface area contributed by atoms with Crippen LogP contribution in [0.3, 0.4) is 0 Å². The lowest BCUT2D eigenvalue weighted by Crippen LogP contribution is -2.11. The number of hydrogen-bond donors (Lipinski definition) is 1. The Labute approximate surface area is 129 Å². The first-order chi connectivity index (χ1) is 10.2. The molecule has 0 atom stereocenters. The number of benzene rings is 1. The molecule has 2 aromatic rings. The Hall–Kier alpha value is -1.59. The molecule has 114 valence electrons. The van der Waals surface area contributed by atoms with Gasteiger partial charge in [-0.1, -0.05) is 36.7 Å². The molecule has 0 aliphatic carbocycles. The maximum Gasteiger partial charge on any atom is 0.264 e. The summed E-state index contributed by atoms with van der Waals surface area (Å²) in [5.41, 5.74) is 1.12. The standard InChI is InChI=1S/C15H20ClN3O2/c1-3-5-14-18-15(21-19-14)10-20-13-7-6-11(8-12(13)16)9-17-4-2/h6-8,17H,3-5,9-10H2,1-2H3. The number of nitrogens with zero attached hydrogens (tertiary/aromatic N) is 2. The molecule has 6 heteroatoms. The lowest BCUT2D eigenvalue weighted by atomic mass is 10.2. The van der Waals surface area contributed by atoms with Crippen LogP contribution in [0.2, 0.25) is 5.02 Å². The van der Waals surface area contributed by atoms with Crippen molar-refractivity contribution in [2.45, 2.75) is 39.8 Å². The fourth-order valence-electron chi connectivity index (χ4n) is 1.85. The van der Waals surface area contributed by atoms with Gasteiger partial charge in [0.25, 0.3) is 5.89 Å². The van der Waals surface area contributed by atoms with Gasteiger partial charge in [-0.05, 0) is 30.7 Å². The van der Waals surface area contributed by atoms with E-state index in [2.05, 4.69) is 29.3 Å². The van der Waals surface area contributed by atoms with Gasteiger partial charge in [-0.3, -0.25) is 0 Å². The van der Waals surface area contributed by atoms with Crippen molar-refractivity contribution in [1.82, 2.24) is 15.5 Å². The molecular formula is C15H20ClN3O2. The fourth-order valence-corrected chi connectivity index (χ4v) is 2.11. The van der Waals surface area contributed by atoms with Gasteiger partial charge in [0.05, 0.1) is 5.02 Å². The first-order valence-corrected chi connectivity index (χ1v) is 7.54. The molecule has 0 bridgehead atoms. The van der Waals surface area contributed by atoms with Gasteiger partial charge in [0, 0.05) is 13.0 Å². The number of aryl methyl sites for hydroxylation is 1. The molecule has 5 nitrogen and oxygen atoms in total. The minimum atomic E-state index is 0.225. The molecule has 1 N–H and O–H groups in total. The van der Waals surface area contributed by atoms with E-state index in [1.54, 1.807) is 0 Å². The molecule has 0 spiro atoms. The van der Waals surface area contributed by atoms with Crippen molar-refractivity contribution in [3.05, 3.63) is 40.5 Å². The van der Waals surface area contributed by atoms with Gasteiger partial charge in [0.2, 0.25) is 0 Å². The summed E-state index contributed by atoms with van der Waals surface area (Å²) in [6, 6.07) is 5.74. The van der Waals surface area contributed by atoms with Crippen LogP contribution in [0.25, 0.3) is 0 Å². The van der Waals surface area contributed by atoms with Crippen LogP contribution in [-0.4, -0.2) is 16.7 Å². The Balaban J connectivity index is 1.92. The quantitative estimate of drug-likeness (QED) is 0.810. The van der Waals surface area contributed by atoms with E-state index < -0.39 is 0 Å². The molecule has 1 aromatic heterocycles. The number of halogens is 1. The first-order valence-electron chi connectivity index (χ1n) is 7.16. The zero-order valence-corrected chi connectivity index (χ0v) is 13.1. The largest absolute Gasteiger partial charge is 0.482 e. The summed E-state index contributed by atoms with van der Waals surface area (Å²) in [5, 5.41) is 7.71. The van der Waals surface area contributed by atoms with Crippen LogP contribution in [-0.2, 0) is 19.6 Å². The lowest BCUT2D eigenvalue weighted by Gasteiger charge is -2.08. The van der Waals surface area contributed by atoms with Crippen molar-refractivity contribution in [1.29, 1.82) is 0 Å². The second kappa shape index (κ2) is 8.00. The number of nitrogens with one attached hydrogen (secondary N) is 1. The van der Waals surface area contributed by atoms with E-state index in [-0.39, 0.29) is 6.61 Å². The highest BCUT2D eigenvalue weighted by molar-refractivity contribution is 6.32. The SMILES string of the molecule is CCCc1noc(COc2ccc(CNCC)cc2Cl)n1. The number of aromatic nitrogens is 2. The van der Waals surface area contributed by atoms with Gasteiger partial charge in [0.1, 0.15) is 5.75 Å². The van der Waals surface area contributed by atoms with E-state index in [4.69, 9.17) is 20.9 Å². The predicted molar refractivity (Wildman–Crippen MR) is 81.5 cm³/mol. The Bertz CT molecular complexity index is 572. The summed E-state index contributed by atoms with van der Waals surface area (Å²) in [5.74, 6) is 1.79. The molecule has 0 fully saturated rings. The van der Waals surface area contributed by atoms with Crippen LogP contribution in [0.4, 0.5) is 0 Å². The summed E-state index contributed by atoms with van der Waals surface area (Å²) in [4.78, 5) is 4.25. The zero-order valence-electron chi connectivity index (χ0n) is 12.4. The minimum absolute atomic E-state index is 0.225. The van der Waals surface area contributed by atoms with Crippen LogP contribution in [0.1, 0.15) is 37.5 Å². The highest BCUT2D eigenvalue weighted by atomic mass is 35.5. The van der Waals surface area contributed by atoms with Gasteiger partial charge in [-0.2, -0.15) is 4.98 Å². The molecule has 21 heavy (non-hydrogen) atoms. The summed E-state index contributed by atoms with van der Waals surface area (Å²) in [6.45, 7) is 6.08. The van der Waals surface area contributed by atoms with E-state index in [9.17, 15) is 0 Å². The minimum Gasteiger partial charge on any atom is -0.482 e. The van der Waals surface area contributed by atoms with Gasteiger partial charge in [-0.25, -0.2) is 0 Å². The van der Waals surface area contributed by atoms with E-state index in [0.717, 1.165) is 31.5 Å². The van der Waals surface area contributed by atoms with Gasteiger partial charge < -0.3 is 14.6 Å². The average Bonchev–Trinajstić information content (AvgIpc) is 2.92. The summed E-state index contributed by atoms with van der Waals surface area (Å²) in [7, 11) is 0. The molecule has 0 saturated heterocycles. The third kappa shape index (κ3) is 4.72. The predicted octanol–water partition coefficient (Wildman–Crippen LogP) is 3.36. The van der Waals surface area contributed by atoms with Crippen LogP contribution >= 0.6 is 11.6 Å². The maximum atomic E-state index is 6.21. The average molecular weight is 310 g/mol. The highest BCUT2D eigenvalue weighted by Crippen LogP contribution is 2.26. The van der Waals surface area contributed by atoms with Gasteiger partial charge >= 0.3 is 0 Å². The van der Waals surface area contributed by atoms with Crippen molar-refractivity contribution >= 4 is 11.6 Å². The number of rotatable bonds is 8. The molecule has 0 unspecified atom stereocenters. The highest BCUT2D eigenvalue weighted by Gasteiger charge is 2.08. The van der Waals surface area contributed by atoms with Gasteiger partial charge in [0.15, 0.2) is 12.4 Å². The molecule has 2 rings (SSSR count). The van der Waals surface area contributed by atoms with Crippen molar-refractivity contribution in [3.63, 3.8) is 0 Å². The molecule has 0 radical (unpaired) electrons. The number of ether oxygens (including phenoxy) is 1. The van der Waals surface area contributed by atoms with Crippen molar-refractivity contribution in [2.24, 2.45) is 0 Å². The Morgan fingerprint density at radius 3 is 2.90 bits per heavy atom. The van der Waals surface area contributed by atoms with Crippen LogP contribution in [0, 0.1) is 0 Å². The molecule has 1 aromatic carbocycles. The molecule has 0 saturated carbocycles. The summed E-state index contributed by atoms with van der Waals surface area (Å²) in [6.07, 6.45) is 1.79. The maximum absolute atomic E-state index is 6.21. The summed E-state index contributed by atoms with van der Waals surface area (Å²) >= 11 is 6.21. The van der Waals surface area contributed by atoms with Crippen molar-refractivity contribution in [2.75, 3.05) is 6.54 Å². The third-order valence-corrected chi connectivity index (χ3v) is 3.21. The van der Waals surface area contributed by atoms with Crippen LogP contribution in [0.15, 0.2) is 22.7 Å². The van der Waals surface area contributed by atoms with Crippen molar-refractivity contribution < 1.29 is 9.26 Å². The molecular weight excluding hydrogens is 290 g/mol. The molecule has 0 aliphatic rings. The Kier molecular flexibility index (Phi) is 6.02. The van der Waals surface area contributed by atoms with Crippen LogP contribution < -0.4 is 10.1 Å². The second-order valence-corrected chi connectivity index (χ2v) is 5.10. The van der Waals surface area contributed by atoms with Crippen molar-refractivity contribution in [3.8, 4) is 5.75 Å². The fraction of sp³-hybridized carbons (Fsp3) is 0.467. The lowest BCUT2D eigenvalue weighted by molar-refractivity contribution is 0.242. The zero-order chi connectivity index (χ0) is 15.1. The Morgan fingerprint density at radius 1 is 1.33 bits per heavy atom. The second-order valence-electron chi connectivity index (χ2n) is 4.69. The van der Waals surface area contributed by atoms with E-state index in [0.29, 0.717) is 22.5 Å². The molecule has 0 aliphatic heterocycles. The van der Waals surface area contributed by atoms with Crippen LogP contribution in [0.5, 0.6) is 5.75 Å². The third-order valence-electron chi connectivity index (χ3n) is 2.91. The van der Waals surface area contributed by atoms with Gasteiger partial charge in [-0.15, -0.1) is 0 Å². The first kappa shape index (κ1) is 15.8. The smallest absolute Gasteiger partial charge is 0.264 e. The monoisotopic (exact) mass is 309 g/mol. The topological polar surface area (TPSA) is 60.2 Å². The normalized spacial score (nSPS) is 10.8. The molecule has 0 amide bonds. The van der Waals surface area contributed by atoms with E-state index in [1.165, 1.54) is 0 Å².